The summed E-state index contributed by atoms with van der Waals surface area (Å²) in [4.78, 5) is 19.4. The smallest absolute Gasteiger partial charge is 0.228 e. The van der Waals surface area contributed by atoms with E-state index >= 15 is 0 Å². The minimum atomic E-state index is -0.00321. The van der Waals surface area contributed by atoms with Gasteiger partial charge in [0.15, 0.2) is 5.82 Å². The van der Waals surface area contributed by atoms with Crippen molar-refractivity contribution in [2.45, 2.75) is 25.2 Å². The van der Waals surface area contributed by atoms with E-state index in [1.54, 1.807) is 6.20 Å². The monoisotopic (exact) mass is 341 g/mol. The van der Waals surface area contributed by atoms with Crippen molar-refractivity contribution in [3.8, 4) is 0 Å². The van der Waals surface area contributed by atoms with Crippen LogP contribution in [-0.2, 0) is 4.79 Å². The van der Waals surface area contributed by atoms with Crippen LogP contribution < -0.4 is 10.2 Å². The molecular formula is C19H20ClN3O. The molecule has 1 amide bonds. The summed E-state index contributed by atoms with van der Waals surface area (Å²) in [6.45, 7) is 2.01. The van der Waals surface area contributed by atoms with Crippen molar-refractivity contribution in [2.75, 3.05) is 23.3 Å². The fourth-order valence-electron chi connectivity index (χ4n) is 3.51. The zero-order valence-electron chi connectivity index (χ0n) is 13.4. The summed E-state index contributed by atoms with van der Waals surface area (Å²) >= 11 is 6.25. The van der Waals surface area contributed by atoms with Crippen LogP contribution in [0.4, 0.5) is 11.5 Å². The van der Waals surface area contributed by atoms with E-state index in [4.69, 9.17) is 11.6 Å². The quantitative estimate of drug-likeness (QED) is 0.911. The average molecular weight is 342 g/mol. The first kappa shape index (κ1) is 15.5. The van der Waals surface area contributed by atoms with Gasteiger partial charge in [-0.15, -0.1) is 0 Å². The number of halogens is 1. The Morgan fingerprint density at radius 2 is 1.96 bits per heavy atom. The molecule has 0 spiro atoms. The largest absolute Gasteiger partial charge is 0.355 e. The lowest BCUT2D eigenvalue weighted by Crippen LogP contribution is -2.23. The van der Waals surface area contributed by atoms with Crippen LogP contribution in [0.2, 0.25) is 5.02 Å². The summed E-state index contributed by atoms with van der Waals surface area (Å²) in [6.07, 6.45) is 5.00. The maximum atomic E-state index is 12.6. The van der Waals surface area contributed by atoms with Crippen molar-refractivity contribution in [3.63, 3.8) is 0 Å². The standard InChI is InChI=1S/C19H20ClN3O/c20-16-7-2-1-6-13(16)14-12-15(14)19(24)22-17-8-5-9-21-18(17)23-10-3-4-11-23/h1-2,5-9,14-15H,3-4,10-12H2,(H,22,24). The van der Waals surface area contributed by atoms with E-state index in [0.717, 1.165) is 41.6 Å². The normalized spacial score (nSPS) is 22.5. The van der Waals surface area contributed by atoms with Gasteiger partial charge in [-0.3, -0.25) is 4.79 Å². The van der Waals surface area contributed by atoms with Gasteiger partial charge in [0, 0.05) is 30.2 Å². The Labute approximate surface area is 146 Å². The highest BCUT2D eigenvalue weighted by molar-refractivity contribution is 6.31. The first-order valence-electron chi connectivity index (χ1n) is 8.49. The van der Waals surface area contributed by atoms with Crippen LogP contribution in [0.25, 0.3) is 0 Å². The number of aromatic nitrogens is 1. The van der Waals surface area contributed by atoms with Crippen LogP contribution in [0.1, 0.15) is 30.7 Å². The second-order valence-corrected chi connectivity index (χ2v) is 6.94. The minimum absolute atomic E-state index is 0.00321. The number of anilines is 2. The highest BCUT2D eigenvalue weighted by Crippen LogP contribution is 2.50. The number of nitrogens with zero attached hydrogens (tertiary/aromatic N) is 2. The Hall–Kier alpha value is -2.07. The molecule has 1 saturated heterocycles. The van der Waals surface area contributed by atoms with Crippen molar-refractivity contribution < 1.29 is 4.79 Å². The topological polar surface area (TPSA) is 45.2 Å². The molecule has 1 aromatic heterocycles. The number of hydrogen-bond donors (Lipinski definition) is 1. The molecule has 24 heavy (non-hydrogen) atoms. The lowest BCUT2D eigenvalue weighted by molar-refractivity contribution is -0.117. The fraction of sp³-hybridized carbons (Fsp3) is 0.368. The van der Waals surface area contributed by atoms with Crippen molar-refractivity contribution >= 4 is 29.0 Å². The Kier molecular flexibility index (Phi) is 4.15. The van der Waals surface area contributed by atoms with E-state index in [-0.39, 0.29) is 17.7 Å². The zero-order chi connectivity index (χ0) is 16.5. The van der Waals surface area contributed by atoms with Crippen molar-refractivity contribution in [1.82, 2.24) is 4.98 Å². The van der Waals surface area contributed by atoms with Crippen molar-refractivity contribution in [2.24, 2.45) is 5.92 Å². The number of carbonyl (C=O) groups is 1. The van der Waals surface area contributed by atoms with Gasteiger partial charge in [-0.25, -0.2) is 4.98 Å². The highest BCUT2D eigenvalue weighted by atomic mass is 35.5. The summed E-state index contributed by atoms with van der Waals surface area (Å²) in [5.41, 5.74) is 1.89. The van der Waals surface area contributed by atoms with Crippen molar-refractivity contribution in [3.05, 3.63) is 53.2 Å². The molecule has 0 bridgehead atoms. The Bertz CT molecular complexity index is 758. The van der Waals surface area contributed by atoms with Crippen LogP contribution in [0.3, 0.4) is 0 Å². The number of carbonyl (C=O) groups excluding carboxylic acids is 1. The van der Waals surface area contributed by atoms with E-state index in [1.807, 2.05) is 36.4 Å². The van der Waals surface area contributed by atoms with Gasteiger partial charge in [0.1, 0.15) is 0 Å². The zero-order valence-corrected chi connectivity index (χ0v) is 14.2. The molecule has 1 aromatic carbocycles. The van der Waals surface area contributed by atoms with Gasteiger partial charge in [0.05, 0.1) is 5.69 Å². The lowest BCUT2D eigenvalue weighted by atomic mass is 10.1. The number of pyridine rings is 1. The third-order valence-corrected chi connectivity index (χ3v) is 5.23. The molecule has 124 valence electrons. The van der Waals surface area contributed by atoms with Gasteiger partial charge >= 0.3 is 0 Å². The molecule has 1 aliphatic carbocycles. The molecule has 4 rings (SSSR count). The van der Waals surface area contributed by atoms with Crippen LogP contribution in [-0.4, -0.2) is 24.0 Å². The first-order chi connectivity index (χ1) is 11.7. The lowest BCUT2D eigenvalue weighted by Gasteiger charge is -2.20. The predicted molar refractivity (Wildman–Crippen MR) is 96.6 cm³/mol. The second-order valence-electron chi connectivity index (χ2n) is 6.53. The summed E-state index contributed by atoms with van der Waals surface area (Å²) in [6, 6.07) is 11.6. The maximum absolute atomic E-state index is 12.6. The molecular weight excluding hydrogens is 322 g/mol. The summed E-state index contributed by atoms with van der Waals surface area (Å²) in [5, 5.41) is 3.83. The van der Waals surface area contributed by atoms with Crippen LogP contribution in [0.15, 0.2) is 42.6 Å². The summed E-state index contributed by atoms with van der Waals surface area (Å²) in [5.74, 6) is 1.17. The molecule has 2 aliphatic rings. The molecule has 2 unspecified atom stereocenters. The molecule has 2 heterocycles. The predicted octanol–water partition coefficient (Wildman–Crippen LogP) is 4.08. The first-order valence-corrected chi connectivity index (χ1v) is 8.87. The second kappa shape index (κ2) is 6.44. The Morgan fingerprint density at radius 1 is 1.17 bits per heavy atom. The number of amides is 1. The molecule has 5 heteroatoms. The summed E-state index contributed by atoms with van der Waals surface area (Å²) < 4.78 is 0. The van der Waals surface area contributed by atoms with Crippen LogP contribution in [0, 0.1) is 5.92 Å². The number of nitrogens with one attached hydrogen (secondary N) is 1. The molecule has 4 nitrogen and oxygen atoms in total. The average Bonchev–Trinajstić information content (AvgIpc) is 3.20. The fourth-order valence-corrected chi connectivity index (χ4v) is 3.78. The Morgan fingerprint density at radius 3 is 2.75 bits per heavy atom. The Balaban J connectivity index is 1.47. The molecule has 2 fully saturated rings. The SMILES string of the molecule is O=C(Nc1cccnc1N1CCCC1)C1CC1c1ccccc1Cl. The van der Waals surface area contributed by atoms with E-state index in [1.165, 1.54) is 12.8 Å². The van der Waals surface area contributed by atoms with E-state index in [0.29, 0.717) is 0 Å². The van der Waals surface area contributed by atoms with Gasteiger partial charge in [0.25, 0.3) is 0 Å². The van der Waals surface area contributed by atoms with Gasteiger partial charge in [0.2, 0.25) is 5.91 Å². The van der Waals surface area contributed by atoms with Crippen LogP contribution >= 0.6 is 11.6 Å². The molecule has 1 aliphatic heterocycles. The minimum Gasteiger partial charge on any atom is -0.355 e. The van der Waals surface area contributed by atoms with Gasteiger partial charge in [-0.2, -0.15) is 0 Å². The number of hydrogen-bond acceptors (Lipinski definition) is 3. The van der Waals surface area contributed by atoms with Gasteiger partial charge in [-0.1, -0.05) is 29.8 Å². The van der Waals surface area contributed by atoms with Gasteiger partial charge in [-0.05, 0) is 48.9 Å². The van der Waals surface area contributed by atoms with E-state index in [2.05, 4.69) is 15.2 Å². The van der Waals surface area contributed by atoms with E-state index in [9.17, 15) is 4.79 Å². The third kappa shape index (κ3) is 2.98. The van der Waals surface area contributed by atoms with Crippen LogP contribution in [0.5, 0.6) is 0 Å². The molecule has 2 aromatic rings. The maximum Gasteiger partial charge on any atom is 0.228 e. The third-order valence-electron chi connectivity index (χ3n) is 4.88. The number of rotatable bonds is 4. The van der Waals surface area contributed by atoms with E-state index < -0.39 is 0 Å². The number of benzene rings is 1. The summed E-state index contributed by atoms with van der Waals surface area (Å²) in [7, 11) is 0. The van der Waals surface area contributed by atoms with Crippen molar-refractivity contribution in [1.29, 1.82) is 0 Å². The molecule has 1 N–H and O–H groups in total. The highest BCUT2D eigenvalue weighted by Gasteiger charge is 2.45. The molecule has 2 atom stereocenters. The van der Waals surface area contributed by atoms with Gasteiger partial charge < -0.3 is 10.2 Å². The molecule has 1 saturated carbocycles. The molecule has 0 radical (unpaired) electrons.